The van der Waals surface area contributed by atoms with E-state index in [4.69, 9.17) is 4.52 Å². The molecule has 6 nitrogen and oxygen atoms in total. The first-order valence-electron chi connectivity index (χ1n) is 8.88. The number of rotatable bonds is 5. The zero-order valence-corrected chi connectivity index (χ0v) is 14.8. The number of benzene rings is 1. The summed E-state index contributed by atoms with van der Waals surface area (Å²) in [5, 5.41) is 16.9. The number of urea groups is 1. The molecule has 1 aromatic heterocycles. The van der Waals surface area contributed by atoms with Gasteiger partial charge in [0.2, 0.25) is 0 Å². The van der Waals surface area contributed by atoms with E-state index in [1.807, 2.05) is 32.0 Å². The molecule has 1 aliphatic rings. The predicted octanol–water partition coefficient (Wildman–Crippen LogP) is 2.60. The van der Waals surface area contributed by atoms with Gasteiger partial charge in [0, 0.05) is 25.1 Å². The zero-order chi connectivity index (χ0) is 17.8. The van der Waals surface area contributed by atoms with Crippen molar-refractivity contribution in [3.63, 3.8) is 0 Å². The molecule has 0 fully saturated rings. The summed E-state index contributed by atoms with van der Waals surface area (Å²) in [7, 11) is 0. The summed E-state index contributed by atoms with van der Waals surface area (Å²) in [5.41, 5.74) is 4.09. The van der Waals surface area contributed by atoms with Crippen LogP contribution < -0.4 is 5.32 Å². The van der Waals surface area contributed by atoms with E-state index in [1.54, 1.807) is 4.90 Å². The highest BCUT2D eigenvalue weighted by Gasteiger charge is 2.30. The first-order chi connectivity index (χ1) is 12.2. The van der Waals surface area contributed by atoms with Crippen molar-refractivity contribution >= 4 is 6.03 Å². The maximum atomic E-state index is 12.7. The lowest BCUT2D eigenvalue weighted by Crippen LogP contribution is -2.46. The van der Waals surface area contributed by atoms with Crippen LogP contribution in [0.5, 0.6) is 0 Å². The highest BCUT2D eigenvalue weighted by atomic mass is 16.5. The number of hydrogen-bond donors (Lipinski definition) is 2. The van der Waals surface area contributed by atoms with Gasteiger partial charge in [-0.15, -0.1) is 0 Å². The smallest absolute Gasteiger partial charge is 0.318 e. The van der Waals surface area contributed by atoms with E-state index in [2.05, 4.69) is 16.5 Å². The molecular formula is C19H25N3O3. The minimum atomic E-state index is -0.302. The Hall–Kier alpha value is -2.34. The predicted molar refractivity (Wildman–Crippen MR) is 94.2 cm³/mol. The summed E-state index contributed by atoms with van der Waals surface area (Å²) in [6.45, 7) is 4.93. The Balaban J connectivity index is 1.73. The van der Waals surface area contributed by atoms with Crippen molar-refractivity contribution in [2.24, 2.45) is 0 Å². The molecule has 1 aliphatic heterocycles. The highest BCUT2D eigenvalue weighted by Crippen LogP contribution is 2.29. The van der Waals surface area contributed by atoms with E-state index in [0.717, 1.165) is 41.8 Å². The van der Waals surface area contributed by atoms with Crippen molar-refractivity contribution in [3.8, 4) is 0 Å². The Kier molecular flexibility index (Phi) is 5.38. The van der Waals surface area contributed by atoms with Gasteiger partial charge in [0.25, 0.3) is 0 Å². The molecule has 0 saturated heterocycles. The van der Waals surface area contributed by atoms with Gasteiger partial charge in [0.05, 0.1) is 18.3 Å². The Morgan fingerprint density at radius 1 is 1.36 bits per heavy atom. The maximum absolute atomic E-state index is 12.7. The van der Waals surface area contributed by atoms with Gasteiger partial charge in [-0.25, -0.2) is 4.79 Å². The van der Waals surface area contributed by atoms with E-state index in [9.17, 15) is 9.90 Å². The molecule has 2 aromatic rings. The zero-order valence-electron chi connectivity index (χ0n) is 14.8. The van der Waals surface area contributed by atoms with Crippen molar-refractivity contribution in [1.29, 1.82) is 0 Å². The Morgan fingerprint density at radius 2 is 2.16 bits per heavy atom. The first-order valence-corrected chi connectivity index (χ1v) is 8.88. The third-order valence-electron chi connectivity index (χ3n) is 4.87. The van der Waals surface area contributed by atoms with Crippen LogP contribution >= 0.6 is 0 Å². The maximum Gasteiger partial charge on any atom is 0.318 e. The van der Waals surface area contributed by atoms with Crippen molar-refractivity contribution in [2.75, 3.05) is 13.2 Å². The Bertz CT molecular complexity index is 720. The standard InChI is InChI=1S/C19H25N3O3/c1-3-16-15(18(4-2)25-21-16)11-20-19(24)22-10-9-13-7-5-6-8-14(13)17(22)12-23/h5-8,17,23H,3-4,9-12H2,1-2H3,(H,20,24). The second kappa shape index (κ2) is 7.70. The van der Waals surface area contributed by atoms with Gasteiger partial charge in [-0.2, -0.15) is 0 Å². The summed E-state index contributed by atoms with van der Waals surface area (Å²) in [4.78, 5) is 14.4. The molecule has 0 aliphatic carbocycles. The number of aliphatic hydroxyl groups is 1. The van der Waals surface area contributed by atoms with E-state index in [1.165, 1.54) is 5.56 Å². The van der Waals surface area contributed by atoms with Crippen LogP contribution in [0.25, 0.3) is 0 Å². The first kappa shape index (κ1) is 17.5. The van der Waals surface area contributed by atoms with Crippen LogP contribution in [0.2, 0.25) is 0 Å². The molecule has 0 radical (unpaired) electrons. The number of aryl methyl sites for hydroxylation is 2. The number of nitrogens with one attached hydrogen (secondary N) is 1. The molecule has 3 rings (SSSR count). The van der Waals surface area contributed by atoms with Gasteiger partial charge >= 0.3 is 6.03 Å². The molecule has 0 spiro atoms. The Morgan fingerprint density at radius 3 is 2.88 bits per heavy atom. The number of nitrogens with zero attached hydrogens (tertiary/aromatic N) is 2. The largest absolute Gasteiger partial charge is 0.394 e. The van der Waals surface area contributed by atoms with Gasteiger partial charge < -0.3 is 19.8 Å². The van der Waals surface area contributed by atoms with Gasteiger partial charge in [-0.1, -0.05) is 43.3 Å². The van der Waals surface area contributed by atoms with Crippen LogP contribution in [0, 0.1) is 0 Å². The summed E-state index contributed by atoms with van der Waals surface area (Å²) in [5.74, 6) is 0.819. The molecule has 1 unspecified atom stereocenters. The third-order valence-corrected chi connectivity index (χ3v) is 4.87. The minimum absolute atomic E-state index is 0.0852. The number of carbonyl (C=O) groups excluding carboxylic acids is 1. The monoisotopic (exact) mass is 343 g/mol. The molecule has 2 amide bonds. The van der Waals surface area contributed by atoms with Gasteiger partial charge in [0.15, 0.2) is 0 Å². The van der Waals surface area contributed by atoms with Crippen LogP contribution in [0.4, 0.5) is 4.79 Å². The van der Waals surface area contributed by atoms with E-state index < -0.39 is 0 Å². The van der Waals surface area contributed by atoms with Gasteiger partial charge in [-0.3, -0.25) is 0 Å². The van der Waals surface area contributed by atoms with Crippen molar-refractivity contribution < 1.29 is 14.4 Å². The lowest BCUT2D eigenvalue weighted by atomic mass is 9.93. The molecular weight excluding hydrogens is 318 g/mol. The quantitative estimate of drug-likeness (QED) is 0.875. The highest BCUT2D eigenvalue weighted by molar-refractivity contribution is 5.75. The van der Waals surface area contributed by atoms with E-state index >= 15 is 0 Å². The van der Waals surface area contributed by atoms with Gasteiger partial charge in [0.1, 0.15) is 5.76 Å². The van der Waals surface area contributed by atoms with Crippen LogP contribution in [0.1, 0.15) is 48.0 Å². The Labute approximate surface area is 147 Å². The summed E-state index contributed by atoms with van der Waals surface area (Å²) in [6, 6.07) is 7.52. The van der Waals surface area contributed by atoms with E-state index in [-0.39, 0.29) is 18.7 Å². The van der Waals surface area contributed by atoms with Crippen LogP contribution in [-0.4, -0.2) is 34.3 Å². The fourth-order valence-corrected chi connectivity index (χ4v) is 3.49. The molecule has 25 heavy (non-hydrogen) atoms. The van der Waals surface area contributed by atoms with Crippen LogP contribution in [0.3, 0.4) is 0 Å². The number of hydrogen-bond acceptors (Lipinski definition) is 4. The molecule has 2 heterocycles. The van der Waals surface area contributed by atoms with Crippen LogP contribution in [-0.2, 0) is 25.8 Å². The lowest BCUT2D eigenvalue weighted by molar-refractivity contribution is 0.126. The number of aliphatic hydroxyl groups excluding tert-OH is 1. The normalized spacial score (nSPS) is 16.6. The number of aromatic nitrogens is 1. The summed E-state index contributed by atoms with van der Waals surface area (Å²) < 4.78 is 5.35. The number of carbonyl (C=O) groups is 1. The van der Waals surface area contributed by atoms with Crippen molar-refractivity contribution in [1.82, 2.24) is 15.4 Å². The average molecular weight is 343 g/mol. The van der Waals surface area contributed by atoms with Gasteiger partial charge in [-0.05, 0) is 24.0 Å². The molecule has 0 bridgehead atoms. The molecule has 1 atom stereocenters. The van der Waals surface area contributed by atoms with E-state index in [0.29, 0.717) is 13.1 Å². The molecule has 134 valence electrons. The molecule has 0 saturated carbocycles. The number of amides is 2. The average Bonchev–Trinajstić information content (AvgIpc) is 3.06. The number of fused-ring (bicyclic) bond motifs is 1. The molecule has 6 heteroatoms. The second-order valence-electron chi connectivity index (χ2n) is 6.24. The summed E-state index contributed by atoms with van der Waals surface area (Å²) >= 11 is 0. The topological polar surface area (TPSA) is 78.6 Å². The lowest BCUT2D eigenvalue weighted by Gasteiger charge is -2.36. The fraction of sp³-hybridized carbons (Fsp3) is 0.474. The molecule has 1 aromatic carbocycles. The minimum Gasteiger partial charge on any atom is -0.394 e. The van der Waals surface area contributed by atoms with Crippen molar-refractivity contribution in [2.45, 2.75) is 45.7 Å². The van der Waals surface area contributed by atoms with Crippen LogP contribution in [0.15, 0.2) is 28.8 Å². The molecule has 2 N–H and O–H groups in total. The SMILES string of the molecule is CCc1noc(CC)c1CNC(=O)N1CCc2ccccc2C1CO. The fourth-order valence-electron chi connectivity index (χ4n) is 3.49. The second-order valence-corrected chi connectivity index (χ2v) is 6.24. The third kappa shape index (κ3) is 3.39. The summed E-state index contributed by atoms with van der Waals surface area (Å²) in [6.07, 6.45) is 2.31. The van der Waals surface area contributed by atoms with Crippen molar-refractivity contribution in [3.05, 3.63) is 52.4 Å².